The summed E-state index contributed by atoms with van der Waals surface area (Å²) in [7, 11) is 0. The molecule has 4 nitrogen and oxygen atoms in total. The molecule has 3 rings (SSSR count). The summed E-state index contributed by atoms with van der Waals surface area (Å²) >= 11 is 1.38. The molecule has 0 radical (unpaired) electrons. The Morgan fingerprint density at radius 1 is 1.09 bits per heavy atom. The molecule has 1 N–H and O–H groups in total. The van der Waals surface area contributed by atoms with Crippen LogP contribution in [0.5, 0.6) is 0 Å². The van der Waals surface area contributed by atoms with Crippen LogP contribution in [0, 0.1) is 13.8 Å². The summed E-state index contributed by atoms with van der Waals surface area (Å²) in [5, 5.41) is 12.3. The summed E-state index contributed by atoms with van der Waals surface area (Å²) in [6.45, 7) is 4.07. The van der Waals surface area contributed by atoms with Gasteiger partial charge >= 0.3 is 0 Å². The van der Waals surface area contributed by atoms with E-state index < -0.39 is 0 Å². The van der Waals surface area contributed by atoms with Crippen molar-refractivity contribution >= 4 is 22.4 Å². The molecular formula is C18H17N3OS. The molecule has 0 aliphatic heterocycles. The number of amides is 1. The van der Waals surface area contributed by atoms with Crippen molar-refractivity contribution in [2.75, 3.05) is 5.32 Å². The molecule has 116 valence electrons. The smallest absolute Gasteiger partial charge is 0.230 e. The van der Waals surface area contributed by atoms with Crippen LogP contribution in [-0.2, 0) is 11.2 Å². The van der Waals surface area contributed by atoms with Gasteiger partial charge in [0.05, 0.1) is 6.42 Å². The van der Waals surface area contributed by atoms with E-state index in [0.717, 1.165) is 21.7 Å². The molecule has 1 aromatic heterocycles. The Hall–Kier alpha value is -2.53. The van der Waals surface area contributed by atoms with E-state index in [0.29, 0.717) is 11.6 Å². The lowest BCUT2D eigenvalue weighted by Gasteiger charge is -2.06. The van der Waals surface area contributed by atoms with Gasteiger partial charge in [0.25, 0.3) is 0 Å². The van der Waals surface area contributed by atoms with Crippen LogP contribution in [0.3, 0.4) is 0 Å². The molecule has 23 heavy (non-hydrogen) atoms. The fraction of sp³-hybridized carbons (Fsp3) is 0.167. The lowest BCUT2D eigenvalue weighted by atomic mass is 10.0. The first-order valence-electron chi connectivity index (χ1n) is 7.37. The maximum Gasteiger partial charge on any atom is 0.230 e. The highest BCUT2D eigenvalue weighted by Gasteiger charge is 2.11. The molecule has 0 saturated heterocycles. The van der Waals surface area contributed by atoms with Crippen LogP contribution in [0.25, 0.3) is 10.6 Å². The number of nitrogens with zero attached hydrogens (tertiary/aromatic N) is 2. The summed E-state index contributed by atoms with van der Waals surface area (Å²) in [5.41, 5.74) is 4.35. The number of nitrogens with one attached hydrogen (secondary N) is 1. The standard InChI is InChI=1S/C18H17N3OS/c1-12-8-9-15(13(2)10-12)11-16(22)19-18-21-20-17(23-18)14-6-4-3-5-7-14/h3-10H,11H2,1-2H3,(H,19,21,22). The van der Waals surface area contributed by atoms with Crippen molar-refractivity contribution in [3.8, 4) is 10.6 Å². The van der Waals surface area contributed by atoms with Crippen molar-refractivity contribution in [1.82, 2.24) is 10.2 Å². The fourth-order valence-corrected chi connectivity index (χ4v) is 3.12. The zero-order chi connectivity index (χ0) is 16.2. The van der Waals surface area contributed by atoms with Crippen LogP contribution in [-0.4, -0.2) is 16.1 Å². The number of anilines is 1. The predicted molar refractivity (Wildman–Crippen MR) is 93.6 cm³/mol. The van der Waals surface area contributed by atoms with Gasteiger partial charge in [-0.1, -0.05) is 65.4 Å². The third-order valence-corrected chi connectivity index (χ3v) is 4.43. The quantitative estimate of drug-likeness (QED) is 0.789. The Morgan fingerprint density at radius 3 is 2.61 bits per heavy atom. The number of carbonyl (C=O) groups excluding carboxylic acids is 1. The second-order valence-corrected chi connectivity index (χ2v) is 6.41. The molecule has 1 amide bonds. The summed E-state index contributed by atoms with van der Waals surface area (Å²) in [6.07, 6.45) is 0.340. The van der Waals surface area contributed by atoms with Gasteiger partial charge in [-0.15, -0.1) is 10.2 Å². The van der Waals surface area contributed by atoms with Crippen LogP contribution >= 0.6 is 11.3 Å². The normalized spacial score (nSPS) is 10.5. The summed E-state index contributed by atoms with van der Waals surface area (Å²) in [5.74, 6) is -0.0762. The van der Waals surface area contributed by atoms with Crippen molar-refractivity contribution in [1.29, 1.82) is 0 Å². The zero-order valence-electron chi connectivity index (χ0n) is 13.0. The van der Waals surface area contributed by atoms with E-state index in [1.807, 2.05) is 56.3 Å². The minimum atomic E-state index is -0.0762. The zero-order valence-corrected chi connectivity index (χ0v) is 13.9. The number of aromatic nitrogens is 2. The largest absolute Gasteiger partial charge is 0.300 e. The number of benzene rings is 2. The molecule has 0 atom stereocenters. The van der Waals surface area contributed by atoms with Crippen molar-refractivity contribution < 1.29 is 4.79 Å². The number of rotatable bonds is 4. The van der Waals surface area contributed by atoms with Crippen molar-refractivity contribution in [3.05, 3.63) is 65.2 Å². The Labute approximate surface area is 139 Å². The van der Waals surface area contributed by atoms with Gasteiger partial charge in [-0.25, -0.2) is 0 Å². The highest BCUT2D eigenvalue weighted by molar-refractivity contribution is 7.18. The number of hydrogen-bond donors (Lipinski definition) is 1. The van der Waals surface area contributed by atoms with E-state index in [2.05, 4.69) is 21.6 Å². The molecule has 5 heteroatoms. The van der Waals surface area contributed by atoms with Crippen LogP contribution in [0.1, 0.15) is 16.7 Å². The van der Waals surface area contributed by atoms with E-state index in [1.165, 1.54) is 16.9 Å². The van der Waals surface area contributed by atoms with Gasteiger partial charge in [-0.3, -0.25) is 4.79 Å². The number of carbonyl (C=O) groups is 1. The predicted octanol–water partition coefficient (Wildman–Crippen LogP) is 4.00. The van der Waals surface area contributed by atoms with Crippen molar-refractivity contribution in [2.24, 2.45) is 0 Å². The minimum absolute atomic E-state index is 0.0762. The molecular weight excluding hydrogens is 306 g/mol. The first-order valence-corrected chi connectivity index (χ1v) is 8.18. The summed E-state index contributed by atoms with van der Waals surface area (Å²) in [6, 6.07) is 15.9. The van der Waals surface area contributed by atoms with Gasteiger partial charge in [0.15, 0.2) is 0 Å². The maximum atomic E-state index is 12.2. The molecule has 1 heterocycles. The molecule has 0 spiro atoms. The van der Waals surface area contributed by atoms with E-state index in [9.17, 15) is 4.79 Å². The van der Waals surface area contributed by atoms with Crippen LogP contribution in [0.2, 0.25) is 0 Å². The second-order valence-electron chi connectivity index (χ2n) is 5.43. The topological polar surface area (TPSA) is 54.9 Å². The Kier molecular flexibility index (Phi) is 4.48. The Bertz CT molecular complexity index is 827. The molecule has 0 aliphatic rings. The monoisotopic (exact) mass is 323 g/mol. The molecule has 0 bridgehead atoms. The first-order chi connectivity index (χ1) is 11.1. The van der Waals surface area contributed by atoms with Gasteiger partial charge < -0.3 is 5.32 Å². The lowest BCUT2D eigenvalue weighted by Crippen LogP contribution is -2.14. The third-order valence-electron chi connectivity index (χ3n) is 3.54. The average Bonchev–Trinajstić information content (AvgIpc) is 2.99. The molecule has 3 aromatic rings. The molecule has 0 unspecified atom stereocenters. The van der Waals surface area contributed by atoms with Crippen molar-refractivity contribution in [2.45, 2.75) is 20.3 Å². The summed E-state index contributed by atoms with van der Waals surface area (Å²) < 4.78 is 0. The highest BCUT2D eigenvalue weighted by atomic mass is 32.1. The van der Waals surface area contributed by atoms with Gasteiger partial charge in [-0.2, -0.15) is 0 Å². The summed E-state index contributed by atoms with van der Waals surface area (Å²) in [4.78, 5) is 12.2. The fourth-order valence-electron chi connectivity index (χ4n) is 2.35. The Morgan fingerprint density at radius 2 is 1.87 bits per heavy atom. The SMILES string of the molecule is Cc1ccc(CC(=O)Nc2nnc(-c3ccccc3)s2)c(C)c1. The molecule has 2 aromatic carbocycles. The Balaban J connectivity index is 1.68. The second kappa shape index (κ2) is 6.71. The van der Waals surface area contributed by atoms with Gasteiger partial charge in [0.1, 0.15) is 5.01 Å². The van der Waals surface area contributed by atoms with E-state index >= 15 is 0 Å². The highest BCUT2D eigenvalue weighted by Crippen LogP contribution is 2.26. The van der Waals surface area contributed by atoms with Gasteiger partial charge in [-0.05, 0) is 25.0 Å². The van der Waals surface area contributed by atoms with E-state index in [4.69, 9.17) is 0 Å². The maximum absolute atomic E-state index is 12.2. The van der Waals surface area contributed by atoms with Crippen LogP contribution in [0.15, 0.2) is 48.5 Å². The van der Waals surface area contributed by atoms with Gasteiger partial charge in [0, 0.05) is 5.56 Å². The van der Waals surface area contributed by atoms with E-state index in [1.54, 1.807) is 0 Å². The molecule has 0 saturated carbocycles. The number of hydrogen-bond acceptors (Lipinski definition) is 4. The third kappa shape index (κ3) is 3.81. The van der Waals surface area contributed by atoms with Crippen LogP contribution in [0.4, 0.5) is 5.13 Å². The first kappa shape index (κ1) is 15.4. The number of aryl methyl sites for hydroxylation is 2. The average molecular weight is 323 g/mol. The molecule has 0 aliphatic carbocycles. The van der Waals surface area contributed by atoms with Gasteiger partial charge in [0.2, 0.25) is 11.0 Å². The lowest BCUT2D eigenvalue weighted by molar-refractivity contribution is -0.115. The van der Waals surface area contributed by atoms with Crippen molar-refractivity contribution in [3.63, 3.8) is 0 Å². The van der Waals surface area contributed by atoms with Crippen LogP contribution < -0.4 is 5.32 Å². The minimum Gasteiger partial charge on any atom is -0.300 e. The van der Waals surface area contributed by atoms with E-state index in [-0.39, 0.29) is 5.91 Å². The molecule has 0 fully saturated rings.